The van der Waals surface area contributed by atoms with E-state index in [1.807, 2.05) is 6.92 Å². The Labute approximate surface area is 138 Å². The van der Waals surface area contributed by atoms with Crippen LogP contribution < -0.4 is 5.32 Å². The minimum atomic E-state index is -0.760. The third-order valence-corrected chi connectivity index (χ3v) is 3.50. The van der Waals surface area contributed by atoms with Crippen LogP contribution in [-0.4, -0.2) is 23.6 Å². The highest BCUT2D eigenvalue weighted by molar-refractivity contribution is 6.31. The Morgan fingerprint density at radius 1 is 1.17 bits per heavy atom. The molecule has 120 valence electrons. The van der Waals surface area contributed by atoms with Gasteiger partial charge in [0.25, 0.3) is 5.91 Å². The number of hydrogen-bond donors (Lipinski definition) is 2. The number of amides is 1. The van der Waals surface area contributed by atoms with Crippen molar-refractivity contribution in [2.75, 3.05) is 11.9 Å². The summed E-state index contributed by atoms with van der Waals surface area (Å²) in [4.78, 5) is 23.8. The molecular formula is C17H16ClNO4. The van der Waals surface area contributed by atoms with Gasteiger partial charge in [-0.05, 0) is 43.2 Å². The molecule has 2 N–H and O–H groups in total. The molecule has 0 aliphatic heterocycles. The molecule has 2 aromatic rings. The third kappa shape index (κ3) is 4.23. The van der Waals surface area contributed by atoms with Crippen molar-refractivity contribution >= 4 is 29.2 Å². The van der Waals surface area contributed by atoms with E-state index >= 15 is 0 Å². The van der Waals surface area contributed by atoms with E-state index in [4.69, 9.17) is 16.3 Å². The number of ether oxygens (including phenoxy) is 1. The van der Waals surface area contributed by atoms with Crippen molar-refractivity contribution in [3.63, 3.8) is 0 Å². The average molecular weight is 334 g/mol. The molecule has 0 aliphatic carbocycles. The average Bonchev–Trinajstić information content (AvgIpc) is 2.51. The van der Waals surface area contributed by atoms with Crippen molar-refractivity contribution in [2.24, 2.45) is 0 Å². The quantitative estimate of drug-likeness (QED) is 0.840. The number of halogens is 1. The number of esters is 1. The van der Waals surface area contributed by atoms with Gasteiger partial charge in [0.05, 0.1) is 0 Å². The van der Waals surface area contributed by atoms with Crippen LogP contribution in [0.5, 0.6) is 5.75 Å². The molecule has 0 aromatic heterocycles. The highest BCUT2D eigenvalue weighted by atomic mass is 35.5. The fourth-order valence-corrected chi connectivity index (χ4v) is 2.12. The van der Waals surface area contributed by atoms with Gasteiger partial charge in [0, 0.05) is 10.7 Å². The highest BCUT2D eigenvalue weighted by Gasteiger charge is 2.15. The van der Waals surface area contributed by atoms with E-state index in [0.717, 1.165) is 5.56 Å². The van der Waals surface area contributed by atoms with Crippen molar-refractivity contribution in [2.45, 2.75) is 13.8 Å². The first-order chi connectivity index (χ1) is 10.9. The van der Waals surface area contributed by atoms with E-state index in [9.17, 15) is 14.7 Å². The van der Waals surface area contributed by atoms with Gasteiger partial charge in [-0.2, -0.15) is 0 Å². The van der Waals surface area contributed by atoms with Crippen LogP contribution in [0.4, 0.5) is 5.69 Å². The van der Waals surface area contributed by atoms with Crippen LogP contribution >= 0.6 is 11.6 Å². The zero-order valence-corrected chi connectivity index (χ0v) is 13.5. The van der Waals surface area contributed by atoms with Gasteiger partial charge in [0.15, 0.2) is 6.61 Å². The lowest BCUT2D eigenvalue weighted by Gasteiger charge is -2.10. The van der Waals surface area contributed by atoms with Crippen molar-refractivity contribution in [3.05, 3.63) is 58.1 Å². The van der Waals surface area contributed by atoms with Crippen LogP contribution in [-0.2, 0) is 9.53 Å². The third-order valence-electron chi connectivity index (χ3n) is 3.27. The standard InChI is InChI=1S/C17H16ClNO4/c1-10-6-7-12(18)8-14(10)19-15(20)9-23-17(22)13-5-3-4-11(2)16(13)21/h3-8,21H,9H2,1-2H3,(H,19,20). The number of aryl methyl sites for hydroxylation is 2. The molecule has 0 fully saturated rings. The van der Waals surface area contributed by atoms with E-state index in [0.29, 0.717) is 16.3 Å². The number of carbonyl (C=O) groups is 2. The maximum absolute atomic E-state index is 11.9. The van der Waals surface area contributed by atoms with Crippen LogP contribution in [0.2, 0.25) is 5.02 Å². The van der Waals surface area contributed by atoms with Gasteiger partial charge in [0.1, 0.15) is 11.3 Å². The Hall–Kier alpha value is -2.53. The number of para-hydroxylation sites is 1. The minimum absolute atomic E-state index is 0.0248. The smallest absolute Gasteiger partial charge is 0.342 e. The molecule has 0 saturated heterocycles. The first-order valence-electron chi connectivity index (χ1n) is 6.90. The van der Waals surface area contributed by atoms with Crippen molar-refractivity contribution in [1.82, 2.24) is 0 Å². The number of aromatic hydroxyl groups is 1. The highest BCUT2D eigenvalue weighted by Crippen LogP contribution is 2.22. The van der Waals surface area contributed by atoms with Gasteiger partial charge >= 0.3 is 5.97 Å². The Bertz CT molecular complexity index is 758. The van der Waals surface area contributed by atoms with E-state index in [1.54, 1.807) is 37.3 Å². The van der Waals surface area contributed by atoms with Crippen LogP contribution in [0.1, 0.15) is 21.5 Å². The molecule has 2 rings (SSSR count). The SMILES string of the molecule is Cc1ccc(Cl)cc1NC(=O)COC(=O)c1cccc(C)c1O. The molecule has 6 heteroatoms. The van der Waals surface area contributed by atoms with Crippen LogP contribution in [0.15, 0.2) is 36.4 Å². The summed E-state index contributed by atoms with van der Waals surface area (Å²) >= 11 is 5.88. The lowest BCUT2D eigenvalue weighted by Crippen LogP contribution is -2.21. The van der Waals surface area contributed by atoms with E-state index in [1.165, 1.54) is 6.07 Å². The van der Waals surface area contributed by atoms with Crippen molar-refractivity contribution < 1.29 is 19.4 Å². The molecular weight excluding hydrogens is 318 g/mol. The molecule has 5 nitrogen and oxygen atoms in total. The largest absolute Gasteiger partial charge is 0.507 e. The summed E-state index contributed by atoms with van der Waals surface area (Å²) in [6.07, 6.45) is 0. The lowest BCUT2D eigenvalue weighted by molar-refractivity contribution is -0.119. The second kappa shape index (κ2) is 7.15. The number of carbonyl (C=O) groups excluding carboxylic acids is 2. The maximum atomic E-state index is 11.9. The monoisotopic (exact) mass is 333 g/mol. The van der Waals surface area contributed by atoms with Gasteiger partial charge in [0.2, 0.25) is 0 Å². The maximum Gasteiger partial charge on any atom is 0.342 e. The molecule has 0 spiro atoms. The van der Waals surface area contributed by atoms with Crippen molar-refractivity contribution in [3.8, 4) is 5.75 Å². The summed E-state index contributed by atoms with van der Waals surface area (Å²) in [6, 6.07) is 9.83. The molecule has 0 bridgehead atoms. The molecule has 0 atom stereocenters. The number of hydrogen-bond acceptors (Lipinski definition) is 4. The van der Waals surface area contributed by atoms with Crippen LogP contribution in [0.25, 0.3) is 0 Å². The molecule has 0 unspecified atom stereocenters. The number of benzene rings is 2. The lowest BCUT2D eigenvalue weighted by atomic mass is 10.1. The molecule has 2 aromatic carbocycles. The molecule has 1 amide bonds. The Morgan fingerprint density at radius 2 is 1.91 bits per heavy atom. The Kier molecular flexibility index (Phi) is 5.24. The minimum Gasteiger partial charge on any atom is -0.507 e. The summed E-state index contributed by atoms with van der Waals surface area (Å²) in [5.41, 5.74) is 1.97. The fraction of sp³-hybridized carbons (Fsp3) is 0.176. The normalized spacial score (nSPS) is 10.2. The number of rotatable bonds is 4. The van der Waals surface area contributed by atoms with Gasteiger partial charge in [-0.1, -0.05) is 29.8 Å². The number of phenolic OH excluding ortho intramolecular Hbond substituents is 1. The summed E-state index contributed by atoms with van der Waals surface area (Å²) < 4.78 is 4.92. The zero-order chi connectivity index (χ0) is 17.0. The van der Waals surface area contributed by atoms with Gasteiger partial charge in [-0.25, -0.2) is 4.79 Å². The summed E-state index contributed by atoms with van der Waals surface area (Å²) in [7, 11) is 0. The topological polar surface area (TPSA) is 75.6 Å². The Balaban J connectivity index is 1.98. The number of phenols is 1. The zero-order valence-electron chi connectivity index (χ0n) is 12.7. The second-order valence-electron chi connectivity index (χ2n) is 5.05. The molecule has 23 heavy (non-hydrogen) atoms. The van der Waals surface area contributed by atoms with Gasteiger partial charge in [-0.3, -0.25) is 4.79 Å². The van der Waals surface area contributed by atoms with Crippen LogP contribution in [0.3, 0.4) is 0 Å². The molecule has 0 aliphatic rings. The van der Waals surface area contributed by atoms with E-state index in [2.05, 4.69) is 5.32 Å². The number of anilines is 1. The fourth-order valence-electron chi connectivity index (χ4n) is 1.95. The predicted octanol–water partition coefficient (Wildman–Crippen LogP) is 3.46. The molecule has 0 saturated carbocycles. The first-order valence-corrected chi connectivity index (χ1v) is 7.28. The summed E-state index contributed by atoms with van der Waals surface area (Å²) in [6.45, 7) is 3.03. The van der Waals surface area contributed by atoms with E-state index in [-0.39, 0.29) is 11.3 Å². The van der Waals surface area contributed by atoms with Gasteiger partial charge in [-0.15, -0.1) is 0 Å². The molecule has 0 radical (unpaired) electrons. The van der Waals surface area contributed by atoms with E-state index < -0.39 is 18.5 Å². The van der Waals surface area contributed by atoms with Crippen molar-refractivity contribution in [1.29, 1.82) is 0 Å². The second-order valence-corrected chi connectivity index (χ2v) is 5.49. The predicted molar refractivity (Wildman–Crippen MR) is 87.9 cm³/mol. The molecule has 0 heterocycles. The summed E-state index contributed by atoms with van der Waals surface area (Å²) in [5, 5.41) is 12.9. The number of nitrogens with one attached hydrogen (secondary N) is 1. The summed E-state index contributed by atoms with van der Waals surface area (Å²) in [5.74, 6) is -1.40. The first kappa shape index (κ1) is 16.8. The van der Waals surface area contributed by atoms with Crippen LogP contribution in [0, 0.1) is 13.8 Å². The van der Waals surface area contributed by atoms with Gasteiger partial charge < -0.3 is 15.2 Å². The Morgan fingerprint density at radius 3 is 2.65 bits per heavy atom.